The van der Waals surface area contributed by atoms with Gasteiger partial charge in [0.15, 0.2) is 12.1 Å². The van der Waals surface area contributed by atoms with Crippen molar-refractivity contribution < 1.29 is 25.6 Å². The molecule has 0 spiro atoms. The van der Waals surface area contributed by atoms with E-state index in [0.717, 1.165) is 38.8 Å². The predicted molar refractivity (Wildman–Crippen MR) is 175 cm³/mol. The molecule has 0 bridgehead atoms. The zero-order chi connectivity index (χ0) is 32.2. The minimum absolute atomic E-state index is 0. The molecular formula is C35H70N2O5. The molecule has 7 atom stereocenters. The molecule has 0 aromatic carbocycles. The number of aliphatic hydroxyl groups excluding tert-OH is 1. The Kier molecular flexibility index (Phi) is 17.4. The monoisotopic (exact) mass is 599 g/mol. The van der Waals surface area contributed by atoms with Crippen molar-refractivity contribution in [2.45, 2.75) is 145 Å². The van der Waals surface area contributed by atoms with Gasteiger partial charge in [-0.1, -0.05) is 48.5 Å². The number of carbonyl (C=O) groups is 2. The van der Waals surface area contributed by atoms with Crippen LogP contribution in [0.5, 0.6) is 0 Å². The first-order valence-electron chi connectivity index (χ1n) is 17.1. The number of ether oxygens (including phenoxy) is 2. The van der Waals surface area contributed by atoms with Crippen LogP contribution in [0.15, 0.2) is 0 Å². The van der Waals surface area contributed by atoms with Crippen molar-refractivity contribution >= 4 is 11.8 Å². The number of Topliss-reactive ketones (excluding diaryl/α,β-unsaturated/α-hetero) is 1. The number of hydrogen-bond donors (Lipinski definition) is 1. The van der Waals surface area contributed by atoms with Gasteiger partial charge in [0.1, 0.15) is 12.0 Å². The Hall–Kier alpha value is -1.02. The maximum atomic E-state index is 13.1. The minimum Gasteiger partial charge on any atom is -0.463 e. The summed E-state index contributed by atoms with van der Waals surface area (Å²) >= 11 is 0. The second-order valence-electron chi connectivity index (χ2n) is 14.3. The first-order chi connectivity index (χ1) is 19.6. The van der Waals surface area contributed by atoms with Gasteiger partial charge in [-0.05, 0) is 110 Å². The van der Waals surface area contributed by atoms with E-state index in [0.29, 0.717) is 36.3 Å². The fourth-order valence-corrected chi connectivity index (χ4v) is 7.45. The van der Waals surface area contributed by atoms with Crippen LogP contribution in [0.4, 0.5) is 0 Å². The summed E-state index contributed by atoms with van der Waals surface area (Å²) in [4.78, 5) is 31.0. The van der Waals surface area contributed by atoms with Crippen LogP contribution in [-0.4, -0.2) is 84.9 Å². The number of carbonyl (C=O) groups excluding carboxylic acids is 2. The quantitative estimate of drug-likeness (QED) is 0.275. The van der Waals surface area contributed by atoms with E-state index in [1.807, 2.05) is 27.7 Å². The predicted octanol–water partition coefficient (Wildman–Crippen LogP) is 7.05. The highest BCUT2D eigenvalue weighted by Crippen LogP contribution is 2.34. The molecule has 0 aromatic heterocycles. The Morgan fingerprint density at radius 3 is 2.02 bits per heavy atom. The van der Waals surface area contributed by atoms with Crippen LogP contribution in [0.2, 0.25) is 0 Å². The third kappa shape index (κ3) is 12.2. The molecule has 7 heteroatoms. The van der Waals surface area contributed by atoms with Gasteiger partial charge in [-0.15, -0.1) is 0 Å². The summed E-state index contributed by atoms with van der Waals surface area (Å²) in [6.45, 7) is 22.9. The van der Waals surface area contributed by atoms with Crippen LogP contribution in [-0.2, 0) is 19.1 Å². The highest BCUT2D eigenvalue weighted by molar-refractivity contribution is 6.03. The molecule has 0 aromatic rings. The normalized spacial score (nSPS) is 37.0. The standard InChI is InChI=1S/C26H48N2O3.C7H14O2.C2H6.H2/c1-9-27(7)22-12-10-21(11-13-22)23-17-31-25(30)26(5,6)24(29)20(4)15-18(2)14-19(3)16-28(23)8;1-5-3-6(2)9-7(8)4-5;1-2;/h18-23H,9-17H2,1-8H3;5-8H,3-4H2,1-2H3;1-2H3;1H/t18-,19-,20-,21?,22?,23-;5-,6+,7+;;/m10../s1. The van der Waals surface area contributed by atoms with E-state index < -0.39 is 11.7 Å². The van der Waals surface area contributed by atoms with E-state index >= 15 is 0 Å². The van der Waals surface area contributed by atoms with Crippen molar-refractivity contribution in [3.8, 4) is 0 Å². The summed E-state index contributed by atoms with van der Waals surface area (Å²) in [5, 5.41) is 9.03. The number of ketones is 1. The van der Waals surface area contributed by atoms with Crippen LogP contribution >= 0.6 is 0 Å². The van der Waals surface area contributed by atoms with Gasteiger partial charge in [-0.3, -0.25) is 14.5 Å². The van der Waals surface area contributed by atoms with E-state index in [9.17, 15) is 9.59 Å². The number of nitrogens with zero attached hydrogens (tertiary/aromatic N) is 2. The van der Waals surface area contributed by atoms with Crippen molar-refractivity contribution in [2.75, 3.05) is 33.8 Å². The molecule has 3 fully saturated rings. The first kappa shape index (κ1) is 39.0. The molecule has 0 unspecified atom stereocenters. The van der Waals surface area contributed by atoms with Crippen molar-refractivity contribution in [1.82, 2.24) is 9.80 Å². The lowest BCUT2D eigenvalue weighted by atomic mass is 9.78. The maximum absolute atomic E-state index is 13.1. The Morgan fingerprint density at radius 1 is 0.929 bits per heavy atom. The minimum atomic E-state index is -1.08. The van der Waals surface area contributed by atoms with E-state index in [1.165, 1.54) is 25.7 Å². The lowest BCUT2D eigenvalue weighted by Gasteiger charge is -2.41. The van der Waals surface area contributed by atoms with Gasteiger partial charge in [-0.2, -0.15) is 0 Å². The summed E-state index contributed by atoms with van der Waals surface area (Å²) in [6.07, 6.45) is 8.31. The molecular weight excluding hydrogens is 528 g/mol. The number of hydrogen-bond acceptors (Lipinski definition) is 7. The van der Waals surface area contributed by atoms with Crippen molar-refractivity contribution in [1.29, 1.82) is 0 Å². The zero-order valence-electron chi connectivity index (χ0n) is 29.4. The van der Waals surface area contributed by atoms with E-state index in [2.05, 4.69) is 51.6 Å². The van der Waals surface area contributed by atoms with Gasteiger partial charge in [0.2, 0.25) is 0 Å². The molecule has 1 saturated carbocycles. The van der Waals surface area contributed by atoms with E-state index in [-0.39, 0.29) is 31.2 Å². The Bertz CT molecular complexity index is 763. The largest absolute Gasteiger partial charge is 0.463 e. The van der Waals surface area contributed by atoms with E-state index in [1.54, 1.807) is 13.8 Å². The van der Waals surface area contributed by atoms with E-state index in [4.69, 9.17) is 14.6 Å². The molecule has 2 aliphatic heterocycles. The second kappa shape index (κ2) is 18.7. The first-order valence-corrected chi connectivity index (χ1v) is 17.1. The summed E-state index contributed by atoms with van der Waals surface area (Å²) in [7, 11) is 4.42. The summed E-state index contributed by atoms with van der Waals surface area (Å²) in [5.74, 6) is 1.71. The number of cyclic esters (lactones) is 1. The zero-order valence-corrected chi connectivity index (χ0v) is 29.4. The fourth-order valence-electron chi connectivity index (χ4n) is 7.45. The summed E-state index contributed by atoms with van der Waals surface area (Å²) in [6, 6.07) is 0.889. The highest BCUT2D eigenvalue weighted by Gasteiger charge is 2.42. The molecule has 250 valence electrons. The van der Waals surface area contributed by atoms with Crippen molar-refractivity contribution in [3.63, 3.8) is 0 Å². The van der Waals surface area contributed by atoms with Gasteiger partial charge >= 0.3 is 5.97 Å². The van der Waals surface area contributed by atoms with Gasteiger partial charge in [0.25, 0.3) is 0 Å². The third-order valence-corrected chi connectivity index (χ3v) is 9.82. The third-order valence-electron chi connectivity index (χ3n) is 9.82. The maximum Gasteiger partial charge on any atom is 0.319 e. The summed E-state index contributed by atoms with van der Waals surface area (Å²) < 4.78 is 11.0. The Balaban J connectivity index is 0.00000124. The van der Waals surface area contributed by atoms with Gasteiger partial charge in [0, 0.05) is 32.4 Å². The van der Waals surface area contributed by atoms with Crippen molar-refractivity contribution in [2.24, 2.45) is 35.0 Å². The molecule has 2 heterocycles. The molecule has 3 aliphatic rings. The molecule has 7 nitrogen and oxygen atoms in total. The topological polar surface area (TPSA) is 79.3 Å². The van der Waals surface area contributed by atoms with Crippen LogP contribution in [0.25, 0.3) is 0 Å². The van der Waals surface area contributed by atoms with Crippen LogP contribution < -0.4 is 0 Å². The molecule has 0 radical (unpaired) electrons. The molecule has 42 heavy (non-hydrogen) atoms. The SMILES string of the molecule is CC.CCN(C)C1CCC([C@H]2COC(=O)C(C)(C)C(=O)[C@H](C)C[C@H](C)C[C@@H](C)CN2C)CC1.C[C@H]1C[C@@H](C)O[C@@H](O)C1.[HH]. The molecule has 1 N–H and O–H groups in total. The highest BCUT2D eigenvalue weighted by atomic mass is 16.6. The molecule has 1 aliphatic carbocycles. The lowest BCUT2D eigenvalue weighted by molar-refractivity contribution is -0.169. The van der Waals surface area contributed by atoms with Crippen LogP contribution in [0, 0.1) is 35.0 Å². The Morgan fingerprint density at radius 2 is 1.50 bits per heavy atom. The number of esters is 1. The average molecular weight is 599 g/mol. The number of aliphatic hydroxyl groups is 1. The lowest BCUT2D eigenvalue weighted by Crippen LogP contribution is -2.47. The number of likely N-dealkylation sites (N-methyl/N-ethyl adjacent to an activating group) is 1. The van der Waals surface area contributed by atoms with Crippen molar-refractivity contribution in [3.05, 3.63) is 0 Å². The van der Waals surface area contributed by atoms with Gasteiger partial charge in [-0.25, -0.2) is 0 Å². The fraction of sp³-hybridized carbons (Fsp3) is 0.943. The number of rotatable bonds is 3. The van der Waals surface area contributed by atoms with Gasteiger partial charge < -0.3 is 19.5 Å². The van der Waals surface area contributed by atoms with Crippen LogP contribution in [0.1, 0.15) is 122 Å². The Labute approximate surface area is 260 Å². The molecule has 2 saturated heterocycles. The molecule has 0 amide bonds. The van der Waals surface area contributed by atoms with Crippen LogP contribution in [0.3, 0.4) is 0 Å². The average Bonchev–Trinajstić information content (AvgIpc) is 2.92. The molecule has 3 rings (SSSR count). The van der Waals surface area contributed by atoms with Gasteiger partial charge in [0.05, 0.1) is 6.10 Å². The second-order valence-corrected chi connectivity index (χ2v) is 14.3. The smallest absolute Gasteiger partial charge is 0.319 e. The summed E-state index contributed by atoms with van der Waals surface area (Å²) in [5.41, 5.74) is -1.08.